The number of ether oxygens (including phenoxy) is 2. The van der Waals surface area contributed by atoms with Gasteiger partial charge in [0.2, 0.25) is 0 Å². The number of nitrogens with zero attached hydrogens (tertiary/aromatic N) is 3. The van der Waals surface area contributed by atoms with Gasteiger partial charge in [0.25, 0.3) is 11.6 Å². The molecule has 1 N–H and O–H groups in total. The van der Waals surface area contributed by atoms with Crippen molar-refractivity contribution in [3.63, 3.8) is 0 Å². The van der Waals surface area contributed by atoms with E-state index >= 15 is 0 Å². The Balaban J connectivity index is 0.00000208. The molecule has 0 aliphatic carbocycles. The van der Waals surface area contributed by atoms with E-state index in [-0.39, 0.29) is 35.6 Å². The van der Waals surface area contributed by atoms with E-state index in [2.05, 4.69) is 15.5 Å². The van der Waals surface area contributed by atoms with Crippen molar-refractivity contribution >= 4 is 18.1 Å². The Hall–Kier alpha value is -2.39. The molecule has 10 heteroatoms. The molecule has 1 aromatic carbocycles. The van der Waals surface area contributed by atoms with Crippen molar-refractivity contribution in [2.24, 2.45) is 0 Å². The highest BCUT2D eigenvalue weighted by Gasteiger charge is 2.26. The summed E-state index contributed by atoms with van der Waals surface area (Å²) in [6, 6.07) is 2.99. The van der Waals surface area contributed by atoms with E-state index in [1.165, 1.54) is 12.1 Å². The van der Waals surface area contributed by atoms with Crippen LogP contribution < -0.4 is 14.8 Å². The smallest absolute Gasteiger partial charge is 0.286 e. The van der Waals surface area contributed by atoms with Gasteiger partial charge in [0, 0.05) is 18.5 Å². The van der Waals surface area contributed by atoms with Gasteiger partial charge in [-0.1, -0.05) is 5.16 Å². The maximum Gasteiger partial charge on any atom is 0.286 e. The SMILES string of the molecule is CNC(C)Cc1noc(-c2cc3c(cc2[N+](=O)[O-])OCCO3)n1.Cl. The molecule has 1 atom stereocenters. The predicted molar refractivity (Wildman–Crippen MR) is 86.9 cm³/mol. The molecular weight excluding hydrogens is 340 g/mol. The largest absolute Gasteiger partial charge is 0.486 e. The van der Waals surface area contributed by atoms with E-state index in [1.54, 1.807) is 0 Å². The topological polar surface area (TPSA) is 113 Å². The highest BCUT2D eigenvalue weighted by atomic mass is 35.5. The summed E-state index contributed by atoms with van der Waals surface area (Å²) in [5.74, 6) is 1.34. The number of benzene rings is 1. The number of nitrogens with one attached hydrogen (secondary N) is 1. The number of nitro benzene ring substituents is 1. The fourth-order valence-corrected chi connectivity index (χ4v) is 2.22. The number of aromatic nitrogens is 2. The Kier molecular flexibility index (Phi) is 5.58. The van der Waals surface area contributed by atoms with Gasteiger partial charge in [-0.3, -0.25) is 10.1 Å². The molecular formula is C14H17ClN4O5. The average molecular weight is 357 g/mol. The summed E-state index contributed by atoms with van der Waals surface area (Å²) in [5, 5.41) is 18.3. The van der Waals surface area contributed by atoms with Crippen molar-refractivity contribution in [2.45, 2.75) is 19.4 Å². The molecule has 0 saturated heterocycles. The van der Waals surface area contributed by atoms with Crippen LogP contribution >= 0.6 is 12.4 Å². The quantitative estimate of drug-likeness (QED) is 0.639. The first-order chi connectivity index (χ1) is 11.1. The Morgan fingerprint density at radius 2 is 2.00 bits per heavy atom. The highest BCUT2D eigenvalue weighted by Crippen LogP contribution is 2.40. The molecule has 0 bridgehead atoms. The summed E-state index contributed by atoms with van der Waals surface area (Å²) in [7, 11) is 1.83. The lowest BCUT2D eigenvalue weighted by molar-refractivity contribution is -0.384. The first-order valence-electron chi connectivity index (χ1n) is 7.16. The standard InChI is InChI=1S/C14H16N4O5.ClH/c1-8(15-2)5-13-16-14(23-17-13)9-6-11-12(22-4-3-21-11)7-10(9)18(19)20;/h6-8,15H,3-5H2,1-2H3;1H. The van der Waals surface area contributed by atoms with Crippen molar-refractivity contribution in [3.8, 4) is 23.0 Å². The molecule has 1 unspecified atom stereocenters. The summed E-state index contributed by atoms with van der Waals surface area (Å²) in [4.78, 5) is 15.1. The number of likely N-dealkylation sites (N-methyl/N-ethyl adjacent to an activating group) is 1. The molecule has 1 aromatic heterocycles. The number of hydrogen-bond donors (Lipinski definition) is 1. The third-order valence-electron chi connectivity index (χ3n) is 3.54. The van der Waals surface area contributed by atoms with Crippen molar-refractivity contribution in [1.29, 1.82) is 0 Å². The van der Waals surface area contributed by atoms with E-state index in [9.17, 15) is 10.1 Å². The van der Waals surface area contributed by atoms with Gasteiger partial charge in [-0.15, -0.1) is 12.4 Å². The van der Waals surface area contributed by atoms with Crippen LogP contribution in [-0.2, 0) is 6.42 Å². The van der Waals surface area contributed by atoms with Crippen LogP contribution in [0, 0.1) is 10.1 Å². The predicted octanol–water partition coefficient (Wildman–Crippen LogP) is 1.99. The van der Waals surface area contributed by atoms with Crippen LogP contribution in [-0.4, -0.2) is 41.4 Å². The summed E-state index contributed by atoms with van der Waals surface area (Å²) in [5.41, 5.74) is 0.0567. The van der Waals surface area contributed by atoms with E-state index in [1.807, 2.05) is 14.0 Å². The first kappa shape index (κ1) is 18.0. The Morgan fingerprint density at radius 3 is 2.62 bits per heavy atom. The molecule has 3 rings (SSSR count). The Bertz CT molecular complexity index is 736. The van der Waals surface area contributed by atoms with Gasteiger partial charge in [-0.05, 0) is 14.0 Å². The maximum absolute atomic E-state index is 11.3. The van der Waals surface area contributed by atoms with E-state index in [4.69, 9.17) is 14.0 Å². The zero-order chi connectivity index (χ0) is 16.4. The molecule has 2 heterocycles. The van der Waals surface area contributed by atoms with Gasteiger partial charge in [0.1, 0.15) is 18.8 Å². The molecule has 1 aliphatic rings. The van der Waals surface area contributed by atoms with Crippen LogP contribution in [0.25, 0.3) is 11.5 Å². The van der Waals surface area contributed by atoms with E-state index < -0.39 is 4.92 Å². The molecule has 0 spiro atoms. The lowest BCUT2D eigenvalue weighted by Gasteiger charge is -2.18. The molecule has 1 aliphatic heterocycles. The lowest BCUT2D eigenvalue weighted by atomic mass is 10.1. The van der Waals surface area contributed by atoms with E-state index in [0.29, 0.717) is 37.0 Å². The summed E-state index contributed by atoms with van der Waals surface area (Å²) in [6.07, 6.45) is 0.554. The molecule has 0 radical (unpaired) electrons. The molecule has 0 fully saturated rings. The maximum atomic E-state index is 11.3. The first-order valence-corrected chi connectivity index (χ1v) is 7.16. The minimum Gasteiger partial charge on any atom is -0.486 e. The zero-order valence-corrected chi connectivity index (χ0v) is 14.0. The van der Waals surface area contributed by atoms with Crippen LogP contribution in [0.15, 0.2) is 16.7 Å². The molecule has 0 saturated carbocycles. The third-order valence-corrected chi connectivity index (χ3v) is 3.54. The van der Waals surface area contributed by atoms with Crippen molar-refractivity contribution < 1.29 is 18.9 Å². The van der Waals surface area contributed by atoms with Gasteiger partial charge < -0.3 is 19.3 Å². The molecule has 9 nitrogen and oxygen atoms in total. The Morgan fingerprint density at radius 1 is 1.33 bits per heavy atom. The van der Waals surface area contributed by atoms with E-state index in [0.717, 1.165) is 0 Å². The van der Waals surface area contributed by atoms with Crippen molar-refractivity contribution in [1.82, 2.24) is 15.5 Å². The normalized spacial score (nSPS) is 13.9. The van der Waals surface area contributed by atoms with Crippen LogP contribution in [0.5, 0.6) is 11.5 Å². The molecule has 24 heavy (non-hydrogen) atoms. The van der Waals surface area contributed by atoms with Crippen LogP contribution in [0.1, 0.15) is 12.7 Å². The molecule has 130 valence electrons. The number of rotatable bonds is 5. The van der Waals surface area contributed by atoms with Gasteiger partial charge in [-0.25, -0.2) is 0 Å². The zero-order valence-electron chi connectivity index (χ0n) is 13.1. The lowest BCUT2D eigenvalue weighted by Crippen LogP contribution is -2.24. The van der Waals surface area contributed by atoms with Crippen LogP contribution in [0.3, 0.4) is 0 Å². The highest BCUT2D eigenvalue weighted by molar-refractivity contribution is 5.85. The van der Waals surface area contributed by atoms with Gasteiger partial charge >= 0.3 is 0 Å². The summed E-state index contributed by atoms with van der Waals surface area (Å²) >= 11 is 0. The second-order valence-corrected chi connectivity index (χ2v) is 5.18. The summed E-state index contributed by atoms with van der Waals surface area (Å²) < 4.78 is 16.0. The second-order valence-electron chi connectivity index (χ2n) is 5.18. The van der Waals surface area contributed by atoms with Gasteiger partial charge in [-0.2, -0.15) is 4.98 Å². The van der Waals surface area contributed by atoms with Crippen LogP contribution in [0.4, 0.5) is 5.69 Å². The fourth-order valence-electron chi connectivity index (χ4n) is 2.22. The second kappa shape index (κ2) is 7.45. The third kappa shape index (κ3) is 3.57. The number of hydrogen-bond acceptors (Lipinski definition) is 8. The Labute approximate surface area is 143 Å². The minimum atomic E-state index is -0.506. The molecule has 0 amide bonds. The number of halogens is 1. The molecule has 2 aromatic rings. The van der Waals surface area contributed by atoms with Gasteiger partial charge in [0.05, 0.1) is 11.0 Å². The number of nitro groups is 1. The van der Waals surface area contributed by atoms with Crippen molar-refractivity contribution in [3.05, 3.63) is 28.1 Å². The van der Waals surface area contributed by atoms with Gasteiger partial charge in [0.15, 0.2) is 17.3 Å². The minimum absolute atomic E-state index is 0. The fraction of sp³-hybridized carbons (Fsp3) is 0.429. The van der Waals surface area contributed by atoms with Crippen molar-refractivity contribution in [2.75, 3.05) is 20.3 Å². The van der Waals surface area contributed by atoms with Crippen LogP contribution in [0.2, 0.25) is 0 Å². The monoisotopic (exact) mass is 356 g/mol. The average Bonchev–Trinajstić information content (AvgIpc) is 3.01. The number of fused-ring (bicyclic) bond motifs is 1. The summed E-state index contributed by atoms with van der Waals surface area (Å²) in [6.45, 7) is 2.72.